The minimum absolute atomic E-state index is 0.603. The highest BCUT2D eigenvalue weighted by Crippen LogP contribution is 2.26. The summed E-state index contributed by atoms with van der Waals surface area (Å²) >= 11 is 0. The van der Waals surface area contributed by atoms with Crippen molar-refractivity contribution in [2.45, 2.75) is 46.8 Å². The van der Waals surface area contributed by atoms with Gasteiger partial charge in [-0.15, -0.1) is 0 Å². The fourth-order valence-electron chi connectivity index (χ4n) is 2.42. The van der Waals surface area contributed by atoms with Crippen LogP contribution in [0, 0.1) is 13.8 Å². The number of benzene rings is 1. The lowest BCUT2D eigenvalue weighted by Crippen LogP contribution is -2.10. The molecule has 19 heavy (non-hydrogen) atoms. The Balaban J connectivity index is 2.42. The van der Waals surface area contributed by atoms with E-state index in [0.717, 1.165) is 35.5 Å². The average molecular weight is 258 g/mol. The zero-order valence-electron chi connectivity index (χ0n) is 12.1. The maximum Gasteiger partial charge on any atom is 0.121 e. The third-order valence-electron chi connectivity index (χ3n) is 3.52. The first-order valence-electron chi connectivity index (χ1n) is 6.88. The lowest BCUT2D eigenvalue weighted by molar-refractivity contribution is 0.207. The Morgan fingerprint density at radius 3 is 2.53 bits per heavy atom. The normalized spacial score (nSPS) is 12.7. The van der Waals surface area contributed by atoms with Gasteiger partial charge in [0.15, 0.2) is 0 Å². The van der Waals surface area contributed by atoms with Crippen LogP contribution in [0.1, 0.15) is 48.0 Å². The molecule has 1 aromatic heterocycles. The summed E-state index contributed by atoms with van der Waals surface area (Å²) in [5, 5.41) is 15.1. The van der Waals surface area contributed by atoms with Crippen LogP contribution >= 0.6 is 0 Å². The number of nitrogens with zero attached hydrogens (tertiary/aromatic N) is 2. The van der Waals surface area contributed by atoms with E-state index in [0.29, 0.717) is 0 Å². The highest BCUT2D eigenvalue weighted by atomic mass is 16.3. The predicted molar refractivity (Wildman–Crippen MR) is 77.3 cm³/mol. The number of rotatable bonds is 4. The molecule has 3 heteroatoms. The van der Waals surface area contributed by atoms with E-state index in [9.17, 15) is 5.11 Å². The van der Waals surface area contributed by atoms with Crippen LogP contribution in [0.4, 0.5) is 0 Å². The molecule has 0 amide bonds. The second-order valence-electron chi connectivity index (χ2n) is 4.99. The van der Waals surface area contributed by atoms with Gasteiger partial charge in [0, 0.05) is 6.54 Å². The molecule has 2 aromatic rings. The lowest BCUT2D eigenvalue weighted by atomic mass is 9.99. The topological polar surface area (TPSA) is 38.0 Å². The monoisotopic (exact) mass is 258 g/mol. The van der Waals surface area contributed by atoms with Gasteiger partial charge in [0.2, 0.25) is 0 Å². The molecule has 1 heterocycles. The molecule has 0 bridgehead atoms. The van der Waals surface area contributed by atoms with Crippen molar-refractivity contribution < 1.29 is 5.11 Å². The van der Waals surface area contributed by atoms with Gasteiger partial charge >= 0.3 is 0 Å². The Bertz CT molecular complexity index is 572. The van der Waals surface area contributed by atoms with Crippen molar-refractivity contribution in [1.29, 1.82) is 0 Å². The quantitative estimate of drug-likeness (QED) is 0.914. The maximum atomic E-state index is 10.6. The van der Waals surface area contributed by atoms with E-state index in [-0.39, 0.29) is 0 Å². The van der Waals surface area contributed by atoms with Gasteiger partial charge in [0.25, 0.3) is 0 Å². The zero-order chi connectivity index (χ0) is 14.0. The first kappa shape index (κ1) is 13.8. The Morgan fingerprint density at radius 2 is 1.95 bits per heavy atom. The fourth-order valence-corrected chi connectivity index (χ4v) is 2.42. The minimum Gasteiger partial charge on any atom is -0.382 e. The van der Waals surface area contributed by atoms with Gasteiger partial charge in [-0.1, -0.05) is 30.7 Å². The molecule has 0 aliphatic heterocycles. The van der Waals surface area contributed by atoms with Crippen LogP contribution in [0.15, 0.2) is 24.3 Å². The molecule has 0 fully saturated rings. The van der Waals surface area contributed by atoms with Gasteiger partial charge in [-0.3, -0.25) is 4.68 Å². The van der Waals surface area contributed by atoms with Crippen molar-refractivity contribution in [3.63, 3.8) is 0 Å². The number of aliphatic hydroxyl groups excluding tert-OH is 1. The molecular formula is C16H22N2O. The molecule has 0 aliphatic carbocycles. The summed E-state index contributed by atoms with van der Waals surface area (Å²) in [6.45, 7) is 9.01. The smallest absolute Gasteiger partial charge is 0.121 e. The molecule has 1 unspecified atom stereocenters. The fraction of sp³-hybridized carbons (Fsp3) is 0.438. The van der Waals surface area contributed by atoms with Gasteiger partial charge in [0.1, 0.15) is 6.10 Å². The molecule has 102 valence electrons. The Morgan fingerprint density at radius 1 is 1.21 bits per heavy atom. The van der Waals surface area contributed by atoms with E-state index in [1.165, 1.54) is 5.56 Å². The van der Waals surface area contributed by atoms with Gasteiger partial charge in [0.05, 0.1) is 11.4 Å². The van der Waals surface area contributed by atoms with Gasteiger partial charge < -0.3 is 5.11 Å². The van der Waals surface area contributed by atoms with Crippen LogP contribution < -0.4 is 0 Å². The highest BCUT2D eigenvalue weighted by Gasteiger charge is 2.18. The Kier molecular flexibility index (Phi) is 4.05. The molecule has 1 N–H and O–H groups in total. The molecule has 1 atom stereocenters. The molecular weight excluding hydrogens is 236 g/mol. The third kappa shape index (κ3) is 2.71. The van der Waals surface area contributed by atoms with E-state index in [2.05, 4.69) is 25.0 Å². The molecule has 0 aliphatic rings. The van der Waals surface area contributed by atoms with Crippen LogP contribution in [-0.4, -0.2) is 14.9 Å². The van der Waals surface area contributed by atoms with E-state index in [4.69, 9.17) is 0 Å². The molecule has 1 aromatic carbocycles. The highest BCUT2D eigenvalue weighted by molar-refractivity contribution is 5.36. The summed E-state index contributed by atoms with van der Waals surface area (Å²) in [5.41, 5.74) is 5.20. The summed E-state index contributed by atoms with van der Waals surface area (Å²) in [6, 6.07) is 8.16. The van der Waals surface area contributed by atoms with Crippen molar-refractivity contribution >= 4 is 0 Å². The third-order valence-corrected chi connectivity index (χ3v) is 3.52. The maximum absolute atomic E-state index is 10.6. The van der Waals surface area contributed by atoms with Crippen molar-refractivity contribution in [3.8, 4) is 0 Å². The zero-order valence-corrected chi connectivity index (χ0v) is 12.1. The SMILES string of the molecule is CCc1cc(C(O)c2ccc(C)cc2C)n(CC)n1. The number of aromatic nitrogens is 2. The van der Waals surface area contributed by atoms with E-state index >= 15 is 0 Å². The minimum atomic E-state index is -0.603. The van der Waals surface area contributed by atoms with Crippen LogP contribution in [0.2, 0.25) is 0 Å². The molecule has 0 spiro atoms. The second kappa shape index (κ2) is 5.57. The van der Waals surface area contributed by atoms with Crippen molar-refractivity contribution in [3.05, 3.63) is 52.3 Å². The van der Waals surface area contributed by atoms with E-state index < -0.39 is 6.10 Å². The second-order valence-corrected chi connectivity index (χ2v) is 4.99. The van der Waals surface area contributed by atoms with Gasteiger partial charge in [-0.05, 0) is 44.4 Å². The van der Waals surface area contributed by atoms with Gasteiger partial charge in [-0.2, -0.15) is 5.10 Å². The predicted octanol–water partition coefficient (Wildman–Crippen LogP) is 3.16. The summed E-state index contributed by atoms with van der Waals surface area (Å²) in [6.07, 6.45) is 0.285. The van der Waals surface area contributed by atoms with Crippen molar-refractivity contribution in [2.75, 3.05) is 0 Å². The summed E-state index contributed by atoms with van der Waals surface area (Å²) in [5.74, 6) is 0. The largest absolute Gasteiger partial charge is 0.382 e. The first-order chi connectivity index (χ1) is 9.06. The number of aryl methyl sites for hydroxylation is 4. The van der Waals surface area contributed by atoms with E-state index in [1.807, 2.05) is 36.7 Å². The van der Waals surface area contributed by atoms with Crippen molar-refractivity contribution in [1.82, 2.24) is 9.78 Å². The number of hydrogen-bond donors (Lipinski definition) is 1. The van der Waals surface area contributed by atoms with Crippen molar-refractivity contribution in [2.24, 2.45) is 0 Å². The number of hydrogen-bond acceptors (Lipinski definition) is 2. The Hall–Kier alpha value is -1.61. The van der Waals surface area contributed by atoms with Gasteiger partial charge in [-0.25, -0.2) is 0 Å². The Labute approximate surface area is 114 Å². The lowest BCUT2D eigenvalue weighted by Gasteiger charge is -2.15. The van der Waals surface area contributed by atoms with Crippen LogP contribution in [0.5, 0.6) is 0 Å². The summed E-state index contributed by atoms with van der Waals surface area (Å²) in [4.78, 5) is 0. The van der Waals surface area contributed by atoms with Crippen LogP contribution in [0.25, 0.3) is 0 Å². The summed E-state index contributed by atoms with van der Waals surface area (Å²) < 4.78 is 1.89. The summed E-state index contributed by atoms with van der Waals surface area (Å²) in [7, 11) is 0. The van der Waals surface area contributed by atoms with Crippen LogP contribution in [0.3, 0.4) is 0 Å². The molecule has 0 saturated heterocycles. The standard InChI is InChI=1S/C16H22N2O/c1-5-13-10-15(18(6-2)17-13)16(19)14-8-7-11(3)9-12(14)4/h7-10,16,19H,5-6H2,1-4H3. The van der Waals surface area contributed by atoms with Crippen LogP contribution in [-0.2, 0) is 13.0 Å². The van der Waals surface area contributed by atoms with E-state index in [1.54, 1.807) is 0 Å². The average Bonchev–Trinajstić information content (AvgIpc) is 2.81. The molecule has 3 nitrogen and oxygen atoms in total. The molecule has 0 radical (unpaired) electrons. The number of aliphatic hydroxyl groups is 1. The first-order valence-corrected chi connectivity index (χ1v) is 6.88. The molecule has 2 rings (SSSR count). The molecule has 0 saturated carbocycles.